The highest BCUT2D eigenvalue weighted by Crippen LogP contribution is 2.77. The average molecular weight is 558 g/mol. The first-order chi connectivity index (χ1) is 15.7. The number of hydrogen-bond acceptors (Lipinski definition) is 6. The molecule has 3 heterocycles. The first-order valence-electron chi connectivity index (χ1n) is 11.3. The van der Waals surface area contributed by atoms with E-state index >= 15 is 0 Å². The fourth-order valence-corrected chi connectivity index (χ4v) is 7.49. The van der Waals surface area contributed by atoms with Crippen LogP contribution in [-0.2, 0) is 0 Å². The molecule has 3 aromatic rings. The molecule has 7 nitrogen and oxygen atoms in total. The van der Waals surface area contributed by atoms with Crippen LogP contribution < -0.4 is 10.1 Å². The van der Waals surface area contributed by atoms with Gasteiger partial charge in [0.05, 0.1) is 21.5 Å². The fraction of sp³-hybridized carbons (Fsp3) is 0.480. The van der Waals surface area contributed by atoms with Crippen LogP contribution in [0, 0.1) is 12.3 Å². The number of amides is 1. The number of aromatic nitrogens is 2. The van der Waals surface area contributed by atoms with Crippen molar-refractivity contribution in [1.29, 1.82) is 0 Å². The Morgan fingerprint density at radius 1 is 1.24 bits per heavy atom. The van der Waals surface area contributed by atoms with Crippen molar-refractivity contribution in [3.63, 3.8) is 0 Å². The minimum Gasteiger partial charge on any atom is -0.496 e. The van der Waals surface area contributed by atoms with Crippen molar-refractivity contribution in [2.45, 2.75) is 48.5 Å². The molecule has 2 aromatic heterocycles. The average Bonchev–Trinajstić information content (AvgIpc) is 3.50. The van der Waals surface area contributed by atoms with Gasteiger partial charge in [0.2, 0.25) is 5.71 Å². The van der Waals surface area contributed by atoms with E-state index in [4.69, 9.17) is 9.15 Å². The second-order valence-electron chi connectivity index (χ2n) is 10.2. The van der Waals surface area contributed by atoms with Crippen LogP contribution in [0.25, 0.3) is 11.1 Å². The van der Waals surface area contributed by atoms with E-state index in [1.54, 1.807) is 7.11 Å². The number of anilines is 1. The number of alkyl halides is 1. The van der Waals surface area contributed by atoms with Crippen LogP contribution >= 0.6 is 22.6 Å². The summed E-state index contributed by atoms with van der Waals surface area (Å²) in [5.41, 5.74) is 2.29. The third kappa shape index (κ3) is 2.95. The molecule has 0 bridgehead atoms. The lowest BCUT2D eigenvalue weighted by molar-refractivity contribution is 0.0765. The normalized spacial score (nSPS) is 29.1. The highest BCUT2D eigenvalue weighted by molar-refractivity contribution is 14.1. The van der Waals surface area contributed by atoms with Gasteiger partial charge in [0, 0.05) is 30.0 Å². The number of piperidine rings is 1. The molecule has 0 spiro atoms. The Balaban J connectivity index is 1.33. The summed E-state index contributed by atoms with van der Waals surface area (Å²) in [7, 11) is 1.72. The number of methoxy groups -OCH3 is 1. The number of ether oxygens (including phenoxy) is 1. The van der Waals surface area contributed by atoms with Crippen LogP contribution in [0.1, 0.15) is 54.3 Å². The quantitative estimate of drug-likeness (QED) is 0.353. The summed E-state index contributed by atoms with van der Waals surface area (Å²) in [6.45, 7) is 7.67. The number of fused-ring (bicyclic) bond motifs is 2. The Morgan fingerprint density at radius 3 is 2.67 bits per heavy atom. The van der Waals surface area contributed by atoms with Gasteiger partial charge in [-0.25, -0.2) is 9.97 Å². The molecule has 172 valence electrons. The molecular formula is C25H27IN4O3. The minimum atomic E-state index is -0.0262. The summed E-state index contributed by atoms with van der Waals surface area (Å²) in [5.74, 6) is 2.54. The third-order valence-electron chi connectivity index (χ3n) is 7.94. The Bertz CT molecular complexity index is 1280. The van der Waals surface area contributed by atoms with Gasteiger partial charge in [0.15, 0.2) is 0 Å². The maximum Gasteiger partial charge on any atom is 0.258 e. The number of nitrogens with one attached hydrogen (secondary N) is 1. The van der Waals surface area contributed by atoms with Crippen molar-refractivity contribution < 1.29 is 13.9 Å². The molecular weight excluding hydrogens is 531 g/mol. The lowest BCUT2D eigenvalue weighted by Crippen LogP contribution is -2.34. The first-order valence-corrected chi connectivity index (χ1v) is 12.4. The number of aryl methyl sites for hydroxylation is 1. The number of carbonyl (C=O) groups is 1. The van der Waals surface area contributed by atoms with Crippen molar-refractivity contribution >= 4 is 45.4 Å². The number of hydrogen-bond donors (Lipinski definition) is 1. The van der Waals surface area contributed by atoms with E-state index in [9.17, 15) is 4.79 Å². The Kier molecular flexibility index (Phi) is 4.39. The zero-order valence-electron chi connectivity index (χ0n) is 19.2. The predicted octanol–water partition coefficient (Wildman–Crippen LogP) is 4.94. The van der Waals surface area contributed by atoms with Gasteiger partial charge in [-0.15, -0.1) is 0 Å². The number of para-hydroxylation sites is 1. The molecule has 2 aliphatic carbocycles. The van der Waals surface area contributed by atoms with Crippen LogP contribution in [0.15, 0.2) is 35.0 Å². The number of carbonyl (C=O) groups excluding carboxylic acids is 1. The molecule has 0 radical (unpaired) electrons. The predicted molar refractivity (Wildman–Crippen MR) is 134 cm³/mol. The highest BCUT2D eigenvalue weighted by atomic mass is 127. The van der Waals surface area contributed by atoms with Gasteiger partial charge in [-0.1, -0.05) is 47.7 Å². The van der Waals surface area contributed by atoms with Crippen molar-refractivity contribution in [3.8, 4) is 5.75 Å². The van der Waals surface area contributed by atoms with Gasteiger partial charge in [0.25, 0.3) is 5.91 Å². The van der Waals surface area contributed by atoms with Crippen molar-refractivity contribution in [2.24, 2.45) is 5.41 Å². The van der Waals surface area contributed by atoms with Crippen molar-refractivity contribution in [1.82, 2.24) is 14.9 Å². The molecule has 3 aliphatic rings. The molecule has 1 aliphatic heterocycles. The van der Waals surface area contributed by atoms with Crippen LogP contribution in [-0.4, -0.2) is 49.9 Å². The second kappa shape index (κ2) is 6.84. The van der Waals surface area contributed by atoms with Gasteiger partial charge in [0.1, 0.15) is 23.7 Å². The molecule has 1 aromatic carbocycles. The lowest BCUT2D eigenvalue weighted by Gasteiger charge is -2.24. The monoisotopic (exact) mass is 558 g/mol. The van der Waals surface area contributed by atoms with Crippen LogP contribution in [0.2, 0.25) is 0 Å². The summed E-state index contributed by atoms with van der Waals surface area (Å²) in [5, 5.41) is 4.21. The summed E-state index contributed by atoms with van der Waals surface area (Å²) < 4.78 is 11.5. The number of nitrogens with zero attached hydrogens (tertiary/aromatic N) is 3. The van der Waals surface area contributed by atoms with Gasteiger partial charge >= 0.3 is 0 Å². The van der Waals surface area contributed by atoms with E-state index in [1.807, 2.05) is 24.0 Å². The molecule has 3 atom stereocenters. The Morgan fingerprint density at radius 2 is 2.00 bits per heavy atom. The van der Waals surface area contributed by atoms with Crippen LogP contribution in [0.4, 0.5) is 5.82 Å². The molecule has 1 saturated heterocycles. The van der Waals surface area contributed by atoms with E-state index in [0.717, 1.165) is 18.6 Å². The number of furan rings is 1. The molecule has 6 rings (SSSR count). The lowest BCUT2D eigenvalue weighted by atomic mass is 9.99. The highest BCUT2D eigenvalue weighted by Gasteiger charge is 2.78. The first kappa shape index (κ1) is 21.2. The van der Waals surface area contributed by atoms with Gasteiger partial charge in [-0.3, -0.25) is 4.79 Å². The second-order valence-corrected chi connectivity index (χ2v) is 12.2. The largest absolute Gasteiger partial charge is 0.496 e. The number of benzene rings is 1. The molecule has 3 fully saturated rings. The van der Waals surface area contributed by atoms with E-state index in [-0.39, 0.29) is 20.3 Å². The van der Waals surface area contributed by atoms with Crippen molar-refractivity contribution in [3.05, 3.63) is 47.5 Å². The number of halogens is 1. The van der Waals surface area contributed by atoms with Gasteiger partial charge < -0.3 is 19.4 Å². The van der Waals surface area contributed by atoms with E-state index in [1.165, 1.54) is 11.9 Å². The van der Waals surface area contributed by atoms with E-state index in [0.29, 0.717) is 47.2 Å². The van der Waals surface area contributed by atoms with E-state index in [2.05, 4.69) is 63.9 Å². The number of likely N-dealkylation sites (tertiary alicyclic amines) is 1. The van der Waals surface area contributed by atoms with Crippen LogP contribution in [0.3, 0.4) is 0 Å². The third-order valence-corrected chi connectivity index (χ3v) is 10.1. The standard InChI is InChI=1S/C25H27IN4O3/c1-14-17(18-20(29-23(2)9-10-23)27-13-28-21(18)33-14)22(31)30-11-24(3)19(25(24,26)12-30)15-7-5-6-8-16(15)32-4/h5-8,13,19H,9-12H2,1-4H3,(H,27,28,29)/t19-,24-,25-/m1/s1. The summed E-state index contributed by atoms with van der Waals surface area (Å²) in [4.78, 5) is 24.6. The SMILES string of the molecule is COc1ccccc1[C@H]1[C@]2(I)CN(C(=O)c3c(C)oc4ncnc(NC5(C)CC5)c34)C[C@]12C. The Hall–Kier alpha value is -2.36. The Labute approximate surface area is 206 Å². The summed E-state index contributed by atoms with van der Waals surface area (Å²) in [6, 6.07) is 8.24. The topological polar surface area (TPSA) is 80.5 Å². The molecule has 2 saturated carbocycles. The fourth-order valence-electron chi connectivity index (χ4n) is 5.73. The van der Waals surface area contributed by atoms with Gasteiger partial charge in [-0.05, 0) is 38.3 Å². The molecule has 0 unspecified atom stereocenters. The van der Waals surface area contributed by atoms with Gasteiger partial charge in [-0.2, -0.15) is 0 Å². The van der Waals surface area contributed by atoms with E-state index < -0.39 is 0 Å². The minimum absolute atomic E-state index is 0.00621. The maximum atomic E-state index is 13.8. The summed E-state index contributed by atoms with van der Waals surface area (Å²) in [6.07, 6.45) is 3.67. The zero-order chi connectivity index (χ0) is 23.2. The molecule has 1 amide bonds. The zero-order valence-corrected chi connectivity index (χ0v) is 21.4. The van der Waals surface area contributed by atoms with Crippen LogP contribution in [0.5, 0.6) is 5.75 Å². The number of rotatable bonds is 5. The van der Waals surface area contributed by atoms with Crippen molar-refractivity contribution in [2.75, 3.05) is 25.5 Å². The summed E-state index contributed by atoms with van der Waals surface area (Å²) >= 11 is 2.57. The molecule has 33 heavy (non-hydrogen) atoms. The molecule has 8 heteroatoms. The maximum absolute atomic E-state index is 13.8. The molecule has 1 N–H and O–H groups in total. The smallest absolute Gasteiger partial charge is 0.258 e.